The van der Waals surface area contributed by atoms with Gasteiger partial charge in [0.25, 0.3) is 5.91 Å². The Kier molecular flexibility index (Phi) is 5.39. The highest BCUT2D eigenvalue weighted by molar-refractivity contribution is 7.12. The second kappa shape index (κ2) is 8.46. The van der Waals surface area contributed by atoms with Gasteiger partial charge in [-0.25, -0.2) is 0 Å². The number of thiophene rings is 1. The third-order valence-electron chi connectivity index (χ3n) is 5.73. The smallest absolute Gasteiger partial charge is 0.265 e. The molecule has 0 bridgehead atoms. The molecule has 0 aliphatic carbocycles. The molecule has 1 aliphatic rings. The average molecular weight is 417 g/mol. The third kappa shape index (κ3) is 3.66. The van der Waals surface area contributed by atoms with Gasteiger partial charge < -0.3 is 9.73 Å². The zero-order valence-corrected chi connectivity index (χ0v) is 17.5. The van der Waals surface area contributed by atoms with E-state index in [1.165, 1.54) is 36.2 Å². The molecule has 1 N–H and O–H groups in total. The first-order valence-corrected chi connectivity index (χ1v) is 11.3. The molecule has 1 aliphatic heterocycles. The van der Waals surface area contributed by atoms with Gasteiger partial charge in [-0.1, -0.05) is 55.0 Å². The van der Waals surface area contributed by atoms with Gasteiger partial charge in [0.2, 0.25) is 0 Å². The van der Waals surface area contributed by atoms with Crippen LogP contribution in [0.1, 0.15) is 46.3 Å². The van der Waals surface area contributed by atoms with Crippen molar-refractivity contribution in [2.24, 2.45) is 0 Å². The Bertz CT molecular complexity index is 1130. The summed E-state index contributed by atoms with van der Waals surface area (Å²) in [5.74, 6) is 0.720. The summed E-state index contributed by atoms with van der Waals surface area (Å²) < 4.78 is 6.43. The van der Waals surface area contributed by atoms with Gasteiger partial charge in [0.1, 0.15) is 11.3 Å². The Balaban J connectivity index is 1.64. The average Bonchev–Trinajstić information content (AvgIpc) is 3.45. The van der Waals surface area contributed by atoms with Crippen molar-refractivity contribution < 1.29 is 9.21 Å². The highest BCUT2D eigenvalue weighted by Gasteiger charge is 2.31. The fraction of sp³-hybridized carbons (Fsp3) is 0.240. The van der Waals surface area contributed by atoms with Crippen molar-refractivity contribution in [3.05, 3.63) is 88.3 Å². The minimum atomic E-state index is -0.0942. The van der Waals surface area contributed by atoms with Gasteiger partial charge in [-0.05, 0) is 55.1 Å². The molecule has 30 heavy (non-hydrogen) atoms. The van der Waals surface area contributed by atoms with Crippen LogP contribution in [0.25, 0.3) is 11.0 Å². The molecular formula is C25H24N2O2S. The second-order valence-corrected chi connectivity index (χ2v) is 8.63. The largest absolute Gasteiger partial charge is 0.457 e. The number of piperidine rings is 1. The SMILES string of the molecule is O=C(Nc1c([C@H](c2ccccc2)N2CCCCC2)oc2ccccc12)c1cccs1. The number of nitrogens with one attached hydrogen (secondary N) is 1. The minimum absolute atomic E-state index is 0.0301. The molecule has 152 valence electrons. The zero-order chi connectivity index (χ0) is 20.3. The first-order chi connectivity index (χ1) is 14.8. The van der Waals surface area contributed by atoms with E-state index in [1.807, 2.05) is 47.8 Å². The Morgan fingerprint density at radius 2 is 1.70 bits per heavy atom. The van der Waals surface area contributed by atoms with E-state index in [9.17, 15) is 4.79 Å². The molecule has 4 nitrogen and oxygen atoms in total. The third-order valence-corrected chi connectivity index (χ3v) is 6.59. The molecule has 1 saturated heterocycles. The summed E-state index contributed by atoms with van der Waals surface area (Å²) in [6, 6.07) is 22.1. The fourth-order valence-electron chi connectivity index (χ4n) is 4.31. The number of benzene rings is 2. The van der Waals surface area contributed by atoms with Crippen molar-refractivity contribution >= 4 is 33.9 Å². The van der Waals surface area contributed by atoms with E-state index in [-0.39, 0.29) is 11.9 Å². The van der Waals surface area contributed by atoms with Crippen LogP contribution in [0.2, 0.25) is 0 Å². The zero-order valence-electron chi connectivity index (χ0n) is 16.7. The van der Waals surface area contributed by atoms with Crippen LogP contribution in [0, 0.1) is 0 Å². The van der Waals surface area contributed by atoms with Crippen LogP contribution in [0.5, 0.6) is 0 Å². The lowest BCUT2D eigenvalue weighted by molar-refractivity contribution is 0.102. The van der Waals surface area contributed by atoms with Crippen LogP contribution < -0.4 is 5.32 Å². The number of hydrogen-bond donors (Lipinski definition) is 1. The monoisotopic (exact) mass is 416 g/mol. The van der Waals surface area contributed by atoms with E-state index in [2.05, 4.69) is 34.5 Å². The number of anilines is 1. The van der Waals surface area contributed by atoms with Crippen LogP contribution in [0.15, 0.2) is 76.5 Å². The van der Waals surface area contributed by atoms with Gasteiger partial charge in [-0.3, -0.25) is 9.69 Å². The summed E-state index contributed by atoms with van der Waals surface area (Å²) >= 11 is 1.44. The summed E-state index contributed by atoms with van der Waals surface area (Å²) in [6.07, 6.45) is 3.63. The number of carbonyl (C=O) groups is 1. The minimum Gasteiger partial charge on any atom is -0.457 e. The molecule has 1 atom stereocenters. The van der Waals surface area contributed by atoms with Crippen molar-refractivity contribution in [2.45, 2.75) is 25.3 Å². The van der Waals surface area contributed by atoms with E-state index >= 15 is 0 Å². The number of fused-ring (bicyclic) bond motifs is 1. The van der Waals surface area contributed by atoms with Crippen LogP contribution >= 0.6 is 11.3 Å². The molecular weight excluding hydrogens is 392 g/mol. The fourth-order valence-corrected chi connectivity index (χ4v) is 4.93. The number of amides is 1. The summed E-state index contributed by atoms with van der Waals surface area (Å²) in [5.41, 5.74) is 2.76. The van der Waals surface area contributed by atoms with Crippen LogP contribution in [0.3, 0.4) is 0 Å². The molecule has 0 radical (unpaired) electrons. The van der Waals surface area contributed by atoms with E-state index < -0.39 is 0 Å². The second-order valence-electron chi connectivity index (χ2n) is 7.68. The van der Waals surface area contributed by atoms with Crippen LogP contribution in [0.4, 0.5) is 5.69 Å². The number of hydrogen-bond acceptors (Lipinski definition) is 4. The quantitative estimate of drug-likeness (QED) is 0.414. The summed E-state index contributed by atoms with van der Waals surface area (Å²) in [7, 11) is 0. The molecule has 1 amide bonds. The maximum absolute atomic E-state index is 12.9. The number of likely N-dealkylation sites (tertiary alicyclic amines) is 1. The van der Waals surface area contributed by atoms with E-state index in [0.29, 0.717) is 4.88 Å². The number of furan rings is 1. The normalized spacial score (nSPS) is 15.9. The first-order valence-electron chi connectivity index (χ1n) is 10.5. The van der Waals surface area contributed by atoms with Crippen molar-refractivity contribution in [3.63, 3.8) is 0 Å². The van der Waals surface area contributed by atoms with Gasteiger partial charge in [-0.2, -0.15) is 0 Å². The summed E-state index contributed by atoms with van der Waals surface area (Å²) in [4.78, 5) is 16.1. The van der Waals surface area contributed by atoms with Crippen molar-refractivity contribution in [1.29, 1.82) is 0 Å². The topological polar surface area (TPSA) is 45.5 Å². The molecule has 0 spiro atoms. The van der Waals surface area contributed by atoms with Crippen molar-refractivity contribution in [3.8, 4) is 0 Å². The van der Waals surface area contributed by atoms with E-state index in [0.717, 1.165) is 35.5 Å². The van der Waals surface area contributed by atoms with Crippen LogP contribution in [-0.2, 0) is 0 Å². The molecule has 1 fully saturated rings. The van der Waals surface area contributed by atoms with E-state index in [4.69, 9.17) is 4.42 Å². The van der Waals surface area contributed by atoms with Gasteiger partial charge in [0.15, 0.2) is 0 Å². The number of carbonyl (C=O) groups excluding carboxylic acids is 1. The Morgan fingerprint density at radius 1 is 0.933 bits per heavy atom. The van der Waals surface area contributed by atoms with E-state index in [1.54, 1.807) is 0 Å². The summed E-state index contributed by atoms with van der Waals surface area (Å²) in [6.45, 7) is 2.05. The highest BCUT2D eigenvalue weighted by atomic mass is 32.1. The molecule has 0 unspecified atom stereocenters. The van der Waals surface area contributed by atoms with Crippen molar-refractivity contribution in [1.82, 2.24) is 4.90 Å². The van der Waals surface area contributed by atoms with Gasteiger partial charge >= 0.3 is 0 Å². The first kappa shape index (κ1) is 19.1. The standard InChI is InChI=1S/C25H24N2O2S/c28-25(21-14-9-17-30-21)26-22-19-12-5-6-13-20(19)29-24(22)23(18-10-3-1-4-11-18)27-15-7-2-8-16-27/h1,3-6,9-14,17,23H,2,7-8,15-16H2,(H,26,28)/t23-/m0/s1. The maximum Gasteiger partial charge on any atom is 0.265 e. The van der Waals surface area contributed by atoms with Gasteiger partial charge in [-0.15, -0.1) is 11.3 Å². The van der Waals surface area contributed by atoms with Crippen molar-refractivity contribution in [2.75, 3.05) is 18.4 Å². The van der Waals surface area contributed by atoms with Gasteiger partial charge in [0.05, 0.1) is 16.6 Å². The Hall–Kier alpha value is -2.89. The molecule has 2 aromatic carbocycles. The lowest BCUT2D eigenvalue weighted by atomic mass is 9.98. The number of nitrogens with zero attached hydrogens (tertiary/aromatic N) is 1. The number of para-hydroxylation sites is 1. The Morgan fingerprint density at radius 3 is 2.47 bits per heavy atom. The number of rotatable bonds is 5. The molecule has 0 saturated carbocycles. The maximum atomic E-state index is 12.9. The highest BCUT2D eigenvalue weighted by Crippen LogP contribution is 2.41. The molecule has 3 heterocycles. The van der Waals surface area contributed by atoms with Gasteiger partial charge in [0, 0.05) is 5.39 Å². The van der Waals surface area contributed by atoms with Crippen LogP contribution in [-0.4, -0.2) is 23.9 Å². The Labute approximate surface area is 180 Å². The predicted octanol–water partition coefficient (Wildman–Crippen LogP) is 6.32. The molecule has 2 aromatic heterocycles. The lowest BCUT2D eigenvalue weighted by Gasteiger charge is -2.34. The summed E-state index contributed by atoms with van der Waals surface area (Å²) in [5, 5.41) is 6.04. The molecule has 5 rings (SSSR count). The lowest BCUT2D eigenvalue weighted by Crippen LogP contribution is -2.34. The molecule has 4 aromatic rings. The predicted molar refractivity (Wildman–Crippen MR) is 122 cm³/mol. The molecule has 5 heteroatoms.